The average Bonchev–Trinajstić information content (AvgIpc) is 2.11. The maximum Gasteiger partial charge on any atom is 0.253 e. The highest BCUT2D eigenvalue weighted by atomic mass is 16.1. The van der Waals surface area contributed by atoms with Gasteiger partial charge in [-0.05, 0) is 37.8 Å². The maximum atomic E-state index is 11.9. The molecule has 1 aliphatic carbocycles. The van der Waals surface area contributed by atoms with Crippen LogP contribution in [0.5, 0.6) is 0 Å². The summed E-state index contributed by atoms with van der Waals surface area (Å²) < 4.78 is 0. The molecule has 0 bridgehead atoms. The third-order valence-electron chi connectivity index (χ3n) is 2.97. The van der Waals surface area contributed by atoms with Crippen LogP contribution in [-0.2, 0) is 0 Å². The van der Waals surface area contributed by atoms with E-state index in [9.17, 15) is 4.79 Å². The van der Waals surface area contributed by atoms with Crippen molar-refractivity contribution in [2.45, 2.75) is 32.2 Å². The van der Waals surface area contributed by atoms with Gasteiger partial charge in [0, 0.05) is 11.7 Å². The number of nitrogens with two attached hydrogens (primary N) is 1. The van der Waals surface area contributed by atoms with E-state index in [4.69, 9.17) is 5.73 Å². The molecule has 0 atom stereocenters. The molecule has 0 saturated heterocycles. The van der Waals surface area contributed by atoms with E-state index in [2.05, 4.69) is 5.32 Å². The van der Waals surface area contributed by atoms with Crippen LogP contribution in [-0.4, -0.2) is 11.9 Å². The van der Waals surface area contributed by atoms with Crippen molar-refractivity contribution in [3.63, 3.8) is 0 Å². The van der Waals surface area contributed by atoms with Gasteiger partial charge in [0.2, 0.25) is 0 Å². The number of anilines is 1. The van der Waals surface area contributed by atoms with Gasteiger partial charge in [0.15, 0.2) is 0 Å². The molecular weight excluding hydrogens is 188 g/mol. The van der Waals surface area contributed by atoms with Gasteiger partial charge in [0.25, 0.3) is 5.91 Å². The normalized spacial score (nSPS) is 15.8. The van der Waals surface area contributed by atoms with Gasteiger partial charge < -0.3 is 11.1 Å². The molecule has 3 heteroatoms. The van der Waals surface area contributed by atoms with Crippen molar-refractivity contribution in [2.24, 2.45) is 0 Å². The van der Waals surface area contributed by atoms with Crippen LogP contribution in [0, 0.1) is 6.92 Å². The Morgan fingerprint density at radius 2 is 2.20 bits per heavy atom. The predicted molar refractivity (Wildman–Crippen MR) is 60.7 cm³/mol. The molecule has 0 aliphatic heterocycles. The summed E-state index contributed by atoms with van der Waals surface area (Å²) in [5.41, 5.74) is 7.92. The molecule has 1 saturated carbocycles. The first-order valence-electron chi connectivity index (χ1n) is 5.34. The third-order valence-corrected chi connectivity index (χ3v) is 2.97. The summed E-state index contributed by atoms with van der Waals surface area (Å²) in [6.45, 7) is 1.91. The number of carbonyl (C=O) groups is 1. The summed E-state index contributed by atoms with van der Waals surface area (Å²) in [5.74, 6) is -0.0321. The second-order valence-electron chi connectivity index (χ2n) is 4.14. The van der Waals surface area contributed by atoms with E-state index in [1.807, 2.05) is 19.1 Å². The Balaban J connectivity index is 2.16. The predicted octanol–water partition coefficient (Wildman–Crippen LogP) is 1.86. The fourth-order valence-electron chi connectivity index (χ4n) is 1.81. The highest BCUT2D eigenvalue weighted by molar-refractivity contribution is 6.00. The minimum absolute atomic E-state index is 0.0321. The zero-order valence-electron chi connectivity index (χ0n) is 8.92. The number of nitrogen functional groups attached to an aromatic ring is 1. The molecule has 1 aromatic rings. The minimum atomic E-state index is -0.0321. The van der Waals surface area contributed by atoms with Gasteiger partial charge in [-0.1, -0.05) is 12.1 Å². The fraction of sp³-hybridized carbons (Fsp3) is 0.417. The van der Waals surface area contributed by atoms with E-state index >= 15 is 0 Å². The molecular formula is C12H16N2O. The minimum Gasteiger partial charge on any atom is -0.398 e. The summed E-state index contributed by atoms with van der Waals surface area (Å²) in [6, 6.07) is 5.90. The Hall–Kier alpha value is -1.51. The number of carbonyl (C=O) groups excluding carboxylic acids is 1. The van der Waals surface area contributed by atoms with E-state index in [0.717, 1.165) is 18.4 Å². The van der Waals surface area contributed by atoms with Crippen molar-refractivity contribution < 1.29 is 4.79 Å². The van der Waals surface area contributed by atoms with Crippen LogP contribution in [0.2, 0.25) is 0 Å². The molecule has 15 heavy (non-hydrogen) atoms. The molecule has 0 aromatic heterocycles. The zero-order chi connectivity index (χ0) is 10.8. The lowest BCUT2D eigenvalue weighted by Gasteiger charge is -2.26. The third kappa shape index (κ3) is 1.96. The summed E-state index contributed by atoms with van der Waals surface area (Å²) >= 11 is 0. The van der Waals surface area contributed by atoms with Gasteiger partial charge in [-0.25, -0.2) is 0 Å². The second kappa shape index (κ2) is 3.93. The van der Waals surface area contributed by atoms with E-state index in [0.29, 0.717) is 17.3 Å². The summed E-state index contributed by atoms with van der Waals surface area (Å²) in [6.07, 6.45) is 3.41. The van der Waals surface area contributed by atoms with Gasteiger partial charge in [0.05, 0.1) is 5.56 Å². The molecule has 3 nitrogen and oxygen atoms in total. The smallest absolute Gasteiger partial charge is 0.253 e. The topological polar surface area (TPSA) is 55.1 Å². The lowest BCUT2D eigenvalue weighted by atomic mass is 9.92. The standard InChI is InChI=1S/C12H16N2O/c1-8-4-2-7-10(13)11(8)12(15)14-9-5-3-6-9/h2,4,7,9H,3,5-6,13H2,1H3,(H,14,15). The van der Waals surface area contributed by atoms with Crippen molar-refractivity contribution >= 4 is 11.6 Å². The molecule has 0 heterocycles. The molecule has 1 fully saturated rings. The van der Waals surface area contributed by atoms with Crippen LogP contribution in [0.3, 0.4) is 0 Å². The van der Waals surface area contributed by atoms with Crippen LogP contribution < -0.4 is 11.1 Å². The Labute approximate surface area is 89.7 Å². The molecule has 0 spiro atoms. The van der Waals surface area contributed by atoms with E-state index in [1.165, 1.54) is 6.42 Å². The quantitative estimate of drug-likeness (QED) is 0.722. The number of nitrogens with one attached hydrogen (secondary N) is 1. The summed E-state index contributed by atoms with van der Waals surface area (Å²) in [5, 5.41) is 3.00. The van der Waals surface area contributed by atoms with E-state index < -0.39 is 0 Å². The highest BCUT2D eigenvalue weighted by Crippen LogP contribution is 2.21. The molecule has 1 amide bonds. The highest BCUT2D eigenvalue weighted by Gasteiger charge is 2.21. The molecule has 1 aliphatic rings. The van der Waals surface area contributed by atoms with Crippen molar-refractivity contribution in [2.75, 3.05) is 5.73 Å². The number of benzene rings is 1. The van der Waals surface area contributed by atoms with Gasteiger partial charge in [0.1, 0.15) is 0 Å². The number of aryl methyl sites for hydroxylation is 1. The van der Waals surface area contributed by atoms with Crippen molar-refractivity contribution in [1.82, 2.24) is 5.32 Å². The second-order valence-corrected chi connectivity index (χ2v) is 4.14. The number of amides is 1. The van der Waals surface area contributed by atoms with Gasteiger partial charge in [-0.15, -0.1) is 0 Å². The lowest BCUT2D eigenvalue weighted by Crippen LogP contribution is -2.40. The largest absolute Gasteiger partial charge is 0.398 e. The Morgan fingerprint density at radius 1 is 1.47 bits per heavy atom. The monoisotopic (exact) mass is 204 g/mol. The molecule has 0 unspecified atom stereocenters. The van der Waals surface area contributed by atoms with E-state index in [-0.39, 0.29) is 5.91 Å². The van der Waals surface area contributed by atoms with Crippen molar-refractivity contribution in [3.05, 3.63) is 29.3 Å². The number of rotatable bonds is 2. The van der Waals surface area contributed by atoms with Crippen LogP contribution in [0.4, 0.5) is 5.69 Å². The Bertz CT molecular complexity index is 363. The van der Waals surface area contributed by atoms with Crippen LogP contribution >= 0.6 is 0 Å². The summed E-state index contributed by atoms with van der Waals surface area (Å²) in [4.78, 5) is 11.9. The number of hydrogen-bond donors (Lipinski definition) is 2. The molecule has 3 N–H and O–H groups in total. The lowest BCUT2D eigenvalue weighted by molar-refractivity contribution is 0.0917. The SMILES string of the molecule is Cc1cccc(N)c1C(=O)NC1CCC1. The van der Waals surface area contributed by atoms with Crippen molar-refractivity contribution in [1.29, 1.82) is 0 Å². The van der Waals surface area contributed by atoms with E-state index in [1.54, 1.807) is 6.07 Å². The van der Waals surface area contributed by atoms with Gasteiger partial charge in [-0.2, -0.15) is 0 Å². The first-order valence-corrected chi connectivity index (χ1v) is 5.34. The molecule has 0 radical (unpaired) electrons. The first kappa shape index (κ1) is 10.0. The fourth-order valence-corrected chi connectivity index (χ4v) is 1.81. The van der Waals surface area contributed by atoms with Crippen LogP contribution in [0.1, 0.15) is 35.2 Å². The zero-order valence-corrected chi connectivity index (χ0v) is 8.92. The van der Waals surface area contributed by atoms with Crippen LogP contribution in [0.15, 0.2) is 18.2 Å². The summed E-state index contributed by atoms with van der Waals surface area (Å²) in [7, 11) is 0. The Morgan fingerprint density at radius 3 is 2.73 bits per heavy atom. The van der Waals surface area contributed by atoms with Crippen LogP contribution in [0.25, 0.3) is 0 Å². The van der Waals surface area contributed by atoms with Crippen molar-refractivity contribution in [3.8, 4) is 0 Å². The molecule has 2 rings (SSSR count). The molecule has 80 valence electrons. The maximum absolute atomic E-state index is 11.9. The first-order chi connectivity index (χ1) is 7.18. The Kier molecular flexibility index (Phi) is 2.62. The molecule has 1 aromatic carbocycles. The van der Waals surface area contributed by atoms with Gasteiger partial charge in [-0.3, -0.25) is 4.79 Å². The number of hydrogen-bond acceptors (Lipinski definition) is 2. The average molecular weight is 204 g/mol. The van der Waals surface area contributed by atoms with Gasteiger partial charge >= 0.3 is 0 Å².